The van der Waals surface area contributed by atoms with E-state index in [9.17, 15) is 5.11 Å². The van der Waals surface area contributed by atoms with Gasteiger partial charge in [-0.25, -0.2) is 0 Å². The van der Waals surface area contributed by atoms with Crippen molar-refractivity contribution in [1.29, 1.82) is 0 Å². The molecule has 0 aromatic heterocycles. The van der Waals surface area contributed by atoms with Gasteiger partial charge in [0.2, 0.25) is 6.79 Å². The summed E-state index contributed by atoms with van der Waals surface area (Å²) in [6.45, 7) is 4.45. The Kier molecular flexibility index (Phi) is 4.79. The lowest BCUT2D eigenvalue weighted by Gasteiger charge is -2.53. The van der Waals surface area contributed by atoms with Crippen LogP contribution in [0.1, 0.15) is 70.3 Å². The quantitative estimate of drug-likeness (QED) is 0.577. The zero-order valence-corrected chi connectivity index (χ0v) is 19.9. The molecule has 1 heterocycles. The van der Waals surface area contributed by atoms with Gasteiger partial charge in [0.15, 0.2) is 11.5 Å². The maximum atomic E-state index is 11.8. The number of aliphatic hydroxyl groups is 1. The Morgan fingerprint density at radius 2 is 1.97 bits per heavy atom. The molecule has 1 aromatic carbocycles. The third kappa shape index (κ3) is 2.98. The smallest absolute Gasteiger partial charge is 0.231 e. The number of rotatable bonds is 1. The maximum Gasteiger partial charge on any atom is 0.231 e. The van der Waals surface area contributed by atoms with Crippen molar-refractivity contribution in [2.24, 2.45) is 22.2 Å². The fraction of sp³-hybridized carbons (Fsp3) is 0.552. The lowest BCUT2D eigenvalue weighted by atomic mass is 9.51. The third-order valence-electron chi connectivity index (χ3n) is 9.32. The summed E-state index contributed by atoms with van der Waals surface area (Å²) in [5.74, 6) is 9.21. The third-order valence-corrected chi connectivity index (χ3v) is 9.32. The van der Waals surface area contributed by atoms with Gasteiger partial charge in [-0.3, -0.25) is 4.99 Å². The van der Waals surface area contributed by atoms with Crippen molar-refractivity contribution in [3.63, 3.8) is 0 Å². The first-order chi connectivity index (χ1) is 16.0. The molecule has 0 unspecified atom stereocenters. The molecule has 1 N–H and O–H groups in total. The topological polar surface area (TPSA) is 51.1 Å². The molecule has 33 heavy (non-hydrogen) atoms. The molecule has 2 saturated carbocycles. The summed E-state index contributed by atoms with van der Waals surface area (Å²) in [4.78, 5) is 4.50. The Morgan fingerprint density at radius 3 is 2.79 bits per heavy atom. The van der Waals surface area contributed by atoms with E-state index in [0.29, 0.717) is 11.8 Å². The summed E-state index contributed by atoms with van der Waals surface area (Å²) in [5, 5.41) is 11.8. The van der Waals surface area contributed by atoms with Crippen LogP contribution in [0.5, 0.6) is 11.5 Å². The van der Waals surface area contributed by atoms with E-state index in [1.165, 1.54) is 16.8 Å². The van der Waals surface area contributed by atoms with Crippen LogP contribution in [0.25, 0.3) is 0 Å². The minimum Gasteiger partial charge on any atom is -0.454 e. The number of hydrogen-bond donors (Lipinski definition) is 1. The standard InChI is InChI=1S/C29H33NO3/c1-4-12-29(31)13-11-24-22-8-5-18-14-20(30-3)7-9-21(18)27(22)23(16-28(24,29)2)19-6-10-25-26(15-19)33-17-32-25/h6,10,14-15,22-24,31H,5,7-9,11,13,16-17H2,1-3H3/t22-,23+,24-,28-,29-/m0/s1. The van der Waals surface area contributed by atoms with Crippen LogP contribution >= 0.6 is 0 Å². The minimum atomic E-state index is -0.915. The molecule has 0 bridgehead atoms. The number of aliphatic imine (C=N–C) groups is 1. The van der Waals surface area contributed by atoms with E-state index in [0.717, 1.165) is 56.4 Å². The molecule has 2 fully saturated rings. The molecule has 5 atom stereocenters. The van der Waals surface area contributed by atoms with Gasteiger partial charge in [0, 0.05) is 24.1 Å². The molecule has 4 heteroatoms. The normalized spacial score (nSPS) is 37.6. The summed E-state index contributed by atoms with van der Waals surface area (Å²) >= 11 is 0. The summed E-state index contributed by atoms with van der Waals surface area (Å²) in [5.41, 5.74) is 6.05. The SMILES string of the molecule is CC#C[C@]1(O)CC[C@H]2[C@@H]3CCC4=CC(=NC)CCC4=C3[C@@H](c3ccc4c(c3)OCO4)C[C@@]21C. The predicted octanol–water partition coefficient (Wildman–Crippen LogP) is 5.57. The highest BCUT2D eigenvalue weighted by Crippen LogP contribution is 2.66. The molecule has 0 amide bonds. The first-order valence-corrected chi connectivity index (χ1v) is 12.4. The van der Waals surface area contributed by atoms with Crippen molar-refractivity contribution in [1.82, 2.24) is 0 Å². The second kappa shape index (κ2) is 7.50. The molecule has 0 spiro atoms. The summed E-state index contributed by atoms with van der Waals surface area (Å²) < 4.78 is 11.4. The number of ether oxygens (including phenoxy) is 2. The van der Waals surface area contributed by atoms with Gasteiger partial charge in [-0.1, -0.05) is 24.5 Å². The van der Waals surface area contributed by atoms with Crippen molar-refractivity contribution in [3.8, 4) is 23.3 Å². The molecule has 5 aliphatic rings. The number of allylic oxidation sites excluding steroid dienone is 4. The second-order valence-electron chi connectivity index (χ2n) is 10.6. The first kappa shape index (κ1) is 21.1. The van der Waals surface area contributed by atoms with E-state index in [1.54, 1.807) is 11.1 Å². The fourth-order valence-corrected chi connectivity index (χ4v) is 7.69. The van der Waals surface area contributed by atoms with Gasteiger partial charge in [-0.05, 0) is 98.6 Å². The Morgan fingerprint density at radius 1 is 1.12 bits per heavy atom. The molecule has 1 aliphatic heterocycles. The van der Waals surface area contributed by atoms with Gasteiger partial charge < -0.3 is 14.6 Å². The molecule has 1 aromatic rings. The van der Waals surface area contributed by atoms with Crippen molar-refractivity contribution in [2.75, 3.05) is 13.8 Å². The van der Waals surface area contributed by atoms with Crippen molar-refractivity contribution in [3.05, 3.63) is 46.6 Å². The van der Waals surface area contributed by atoms with Crippen molar-refractivity contribution >= 4 is 5.71 Å². The van der Waals surface area contributed by atoms with Crippen LogP contribution in [0, 0.1) is 29.1 Å². The average Bonchev–Trinajstić information content (AvgIpc) is 3.40. The van der Waals surface area contributed by atoms with E-state index < -0.39 is 5.60 Å². The van der Waals surface area contributed by atoms with E-state index >= 15 is 0 Å². The number of benzene rings is 1. The van der Waals surface area contributed by atoms with Gasteiger partial charge in [-0.2, -0.15) is 0 Å². The zero-order valence-electron chi connectivity index (χ0n) is 19.9. The second-order valence-corrected chi connectivity index (χ2v) is 10.6. The number of nitrogens with zero attached hydrogens (tertiary/aromatic N) is 1. The molecule has 4 aliphatic carbocycles. The minimum absolute atomic E-state index is 0.225. The first-order valence-electron chi connectivity index (χ1n) is 12.4. The summed E-state index contributed by atoms with van der Waals surface area (Å²) in [7, 11) is 1.91. The van der Waals surface area contributed by atoms with E-state index in [-0.39, 0.29) is 18.1 Å². The van der Waals surface area contributed by atoms with E-state index in [2.05, 4.69) is 48.0 Å². The Bertz CT molecular complexity index is 1170. The molecular formula is C29H33NO3. The van der Waals surface area contributed by atoms with Gasteiger partial charge >= 0.3 is 0 Å². The summed E-state index contributed by atoms with van der Waals surface area (Å²) in [6, 6.07) is 6.45. The highest BCUT2D eigenvalue weighted by atomic mass is 16.7. The lowest BCUT2D eigenvalue weighted by Crippen LogP contribution is -2.51. The lowest BCUT2D eigenvalue weighted by molar-refractivity contribution is -0.0513. The van der Waals surface area contributed by atoms with Crippen molar-refractivity contribution < 1.29 is 14.6 Å². The Balaban J connectivity index is 1.53. The van der Waals surface area contributed by atoms with E-state index in [4.69, 9.17) is 9.47 Å². The molecule has 0 saturated heterocycles. The average molecular weight is 444 g/mol. The molecule has 0 radical (unpaired) electrons. The monoisotopic (exact) mass is 443 g/mol. The van der Waals surface area contributed by atoms with Crippen LogP contribution in [-0.2, 0) is 0 Å². The maximum absolute atomic E-state index is 11.8. The van der Waals surface area contributed by atoms with Crippen LogP contribution in [0.4, 0.5) is 0 Å². The van der Waals surface area contributed by atoms with Crippen molar-refractivity contribution in [2.45, 2.75) is 70.3 Å². The predicted molar refractivity (Wildman–Crippen MR) is 130 cm³/mol. The van der Waals surface area contributed by atoms with Crippen LogP contribution in [0.15, 0.2) is 46.0 Å². The van der Waals surface area contributed by atoms with Gasteiger partial charge in [0.05, 0.1) is 0 Å². The fourth-order valence-electron chi connectivity index (χ4n) is 7.69. The van der Waals surface area contributed by atoms with E-state index in [1.807, 2.05) is 14.0 Å². The van der Waals surface area contributed by atoms with Gasteiger partial charge in [0.1, 0.15) is 5.60 Å². The number of fused-ring (bicyclic) bond motifs is 5. The van der Waals surface area contributed by atoms with Crippen LogP contribution in [0.2, 0.25) is 0 Å². The van der Waals surface area contributed by atoms with Gasteiger partial charge in [0.25, 0.3) is 0 Å². The van der Waals surface area contributed by atoms with Crippen LogP contribution < -0.4 is 9.47 Å². The highest BCUT2D eigenvalue weighted by molar-refractivity contribution is 5.97. The van der Waals surface area contributed by atoms with Crippen LogP contribution in [-0.4, -0.2) is 30.3 Å². The molecular weight excluding hydrogens is 410 g/mol. The van der Waals surface area contributed by atoms with Crippen LogP contribution in [0.3, 0.4) is 0 Å². The summed E-state index contributed by atoms with van der Waals surface area (Å²) in [6.07, 6.45) is 9.45. The highest BCUT2D eigenvalue weighted by Gasteiger charge is 2.62. The Labute approximate surface area is 196 Å². The largest absolute Gasteiger partial charge is 0.454 e. The Hall–Kier alpha value is -2.51. The number of hydrogen-bond acceptors (Lipinski definition) is 4. The van der Waals surface area contributed by atoms with Gasteiger partial charge in [-0.15, -0.1) is 5.92 Å². The molecule has 172 valence electrons. The zero-order chi connectivity index (χ0) is 22.8. The molecule has 6 rings (SSSR count). The molecule has 4 nitrogen and oxygen atoms in total.